The minimum atomic E-state index is -1.50. The number of nitrogens with two attached hydrogens (primary N) is 1. The van der Waals surface area contributed by atoms with Crippen LogP contribution in [0.4, 0.5) is 0 Å². The number of aliphatic hydroxyl groups is 2. The van der Waals surface area contributed by atoms with Gasteiger partial charge in [0, 0.05) is 0 Å². The van der Waals surface area contributed by atoms with Gasteiger partial charge in [-0.1, -0.05) is 27.7 Å². The fourth-order valence-electron chi connectivity index (χ4n) is 2.23. The number of nitrogens with one attached hydrogen (secondary N) is 3. The van der Waals surface area contributed by atoms with Crippen molar-refractivity contribution in [3.8, 4) is 0 Å². The van der Waals surface area contributed by atoms with E-state index >= 15 is 0 Å². The van der Waals surface area contributed by atoms with Crippen molar-refractivity contribution >= 4 is 23.7 Å². The van der Waals surface area contributed by atoms with Crippen molar-refractivity contribution in [1.29, 1.82) is 0 Å². The summed E-state index contributed by atoms with van der Waals surface area (Å²) < 4.78 is 0. The molecule has 8 N–H and O–H groups in total. The van der Waals surface area contributed by atoms with Crippen molar-refractivity contribution in [3.63, 3.8) is 0 Å². The molecule has 0 aliphatic rings. The van der Waals surface area contributed by atoms with Crippen molar-refractivity contribution in [2.45, 2.75) is 64.9 Å². The maximum Gasteiger partial charge on any atom is 0.328 e. The van der Waals surface area contributed by atoms with Crippen molar-refractivity contribution in [3.05, 3.63) is 0 Å². The molecule has 11 nitrogen and oxygen atoms in total. The van der Waals surface area contributed by atoms with E-state index < -0.39 is 66.5 Å². The first-order valence-electron chi connectivity index (χ1n) is 9.01. The van der Waals surface area contributed by atoms with E-state index in [1.165, 1.54) is 6.92 Å². The maximum absolute atomic E-state index is 12.6. The minimum absolute atomic E-state index is 0.356. The summed E-state index contributed by atoms with van der Waals surface area (Å²) in [6, 6.07) is -4.85. The van der Waals surface area contributed by atoms with E-state index in [2.05, 4.69) is 16.0 Å². The van der Waals surface area contributed by atoms with Crippen LogP contribution in [0.1, 0.15) is 34.6 Å². The van der Waals surface area contributed by atoms with Gasteiger partial charge in [-0.05, 0) is 18.8 Å². The molecule has 0 aromatic heterocycles. The smallest absolute Gasteiger partial charge is 0.328 e. The highest BCUT2D eigenvalue weighted by atomic mass is 16.4. The van der Waals surface area contributed by atoms with Gasteiger partial charge in [0.1, 0.15) is 24.2 Å². The fourth-order valence-corrected chi connectivity index (χ4v) is 2.23. The first-order chi connectivity index (χ1) is 12.8. The molecule has 0 aliphatic carbocycles. The molecule has 5 unspecified atom stereocenters. The van der Waals surface area contributed by atoms with Crippen LogP contribution in [0.25, 0.3) is 0 Å². The van der Waals surface area contributed by atoms with Gasteiger partial charge in [-0.25, -0.2) is 4.79 Å². The highest BCUT2D eigenvalue weighted by Crippen LogP contribution is 2.07. The third-order valence-electron chi connectivity index (χ3n) is 4.11. The second kappa shape index (κ2) is 11.6. The molecular weight excluding hydrogens is 372 g/mol. The average Bonchev–Trinajstić information content (AvgIpc) is 2.59. The van der Waals surface area contributed by atoms with E-state index in [4.69, 9.17) is 15.9 Å². The molecule has 28 heavy (non-hydrogen) atoms. The van der Waals surface area contributed by atoms with Crippen LogP contribution in [-0.2, 0) is 19.2 Å². The van der Waals surface area contributed by atoms with Gasteiger partial charge < -0.3 is 37.0 Å². The predicted octanol–water partition coefficient (Wildman–Crippen LogP) is -2.46. The fraction of sp³-hybridized carbons (Fsp3) is 0.765. The van der Waals surface area contributed by atoms with Crippen LogP contribution >= 0.6 is 0 Å². The van der Waals surface area contributed by atoms with E-state index in [1.54, 1.807) is 27.7 Å². The number of aliphatic hydroxyl groups excluding tert-OH is 2. The summed E-state index contributed by atoms with van der Waals surface area (Å²) in [7, 11) is 0. The van der Waals surface area contributed by atoms with Crippen LogP contribution in [-0.4, -0.2) is 75.9 Å². The molecule has 0 radical (unpaired) electrons. The summed E-state index contributed by atoms with van der Waals surface area (Å²) in [6.07, 6.45) is -1.11. The van der Waals surface area contributed by atoms with E-state index in [9.17, 15) is 24.3 Å². The Kier molecular flexibility index (Phi) is 10.6. The number of carboxylic acids is 1. The third kappa shape index (κ3) is 7.79. The molecule has 0 rings (SSSR count). The number of carbonyl (C=O) groups is 4. The molecule has 5 atom stereocenters. The van der Waals surface area contributed by atoms with Crippen LogP contribution < -0.4 is 21.7 Å². The average molecular weight is 404 g/mol. The highest BCUT2D eigenvalue weighted by molar-refractivity contribution is 5.94. The molecule has 0 aliphatic heterocycles. The molecule has 0 spiro atoms. The molecule has 0 heterocycles. The Labute approximate surface area is 164 Å². The number of carboxylic acid groups (broad SMARTS) is 1. The zero-order chi connectivity index (χ0) is 22.2. The van der Waals surface area contributed by atoms with Crippen LogP contribution in [0.3, 0.4) is 0 Å². The lowest BCUT2D eigenvalue weighted by Gasteiger charge is -2.28. The highest BCUT2D eigenvalue weighted by Gasteiger charge is 2.33. The van der Waals surface area contributed by atoms with E-state index in [-0.39, 0.29) is 5.92 Å². The number of carbonyl (C=O) groups excluding carboxylic acids is 3. The van der Waals surface area contributed by atoms with Gasteiger partial charge in [-0.2, -0.15) is 0 Å². The number of rotatable bonds is 11. The van der Waals surface area contributed by atoms with Crippen LogP contribution in [0.15, 0.2) is 0 Å². The quantitative estimate of drug-likeness (QED) is 0.197. The molecule has 0 bridgehead atoms. The maximum atomic E-state index is 12.6. The lowest BCUT2D eigenvalue weighted by atomic mass is 9.99. The summed E-state index contributed by atoms with van der Waals surface area (Å²) in [5.41, 5.74) is 5.57. The Morgan fingerprint density at radius 3 is 1.54 bits per heavy atom. The molecule has 0 fully saturated rings. The van der Waals surface area contributed by atoms with Crippen LogP contribution in [0, 0.1) is 11.8 Å². The van der Waals surface area contributed by atoms with Gasteiger partial charge in [0.25, 0.3) is 0 Å². The van der Waals surface area contributed by atoms with Gasteiger partial charge in [0.15, 0.2) is 0 Å². The molecule has 0 aromatic carbocycles. The Bertz CT molecular complexity index is 566. The zero-order valence-electron chi connectivity index (χ0n) is 16.8. The Balaban J connectivity index is 5.29. The second-order valence-corrected chi connectivity index (χ2v) is 7.31. The summed E-state index contributed by atoms with van der Waals surface area (Å²) in [5, 5.41) is 34.5. The van der Waals surface area contributed by atoms with Gasteiger partial charge in [0.2, 0.25) is 17.7 Å². The SMILES string of the molecule is CC(C)C(NC(=O)C(N)C(C)O)C(=O)NC(C(=O)NC(CO)C(=O)O)C(C)C. The van der Waals surface area contributed by atoms with Crippen molar-refractivity contribution in [2.75, 3.05) is 6.61 Å². The molecule has 0 saturated carbocycles. The van der Waals surface area contributed by atoms with Crippen LogP contribution in [0.5, 0.6) is 0 Å². The summed E-state index contributed by atoms with van der Waals surface area (Å²) in [4.78, 5) is 48.1. The molecule has 3 amide bonds. The predicted molar refractivity (Wildman–Crippen MR) is 99.8 cm³/mol. The monoisotopic (exact) mass is 404 g/mol. The van der Waals surface area contributed by atoms with Gasteiger partial charge in [-0.3, -0.25) is 14.4 Å². The standard InChI is InChI=1S/C17H32N4O7/c1-7(2)12(15(25)19-10(6-22)17(27)28)21-16(26)13(8(3)4)20-14(24)11(18)9(5)23/h7-13,22-23H,6,18H2,1-5H3,(H,19,25)(H,20,24)(H,21,26)(H,27,28). The number of aliphatic carboxylic acids is 1. The van der Waals surface area contributed by atoms with E-state index in [0.29, 0.717) is 0 Å². The first kappa shape index (κ1) is 25.8. The molecule has 11 heteroatoms. The molecular formula is C17H32N4O7. The van der Waals surface area contributed by atoms with Crippen molar-refractivity contribution in [2.24, 2.45) is 17.6 Å². The summed E-state index contributed by atoms with van der Waals surface area (Å²) in [6.45, 7) is 7.18. The van der Waals surface area contributed by atoms with Crippen molar-refractivity contribution in [1.82, 2.24) is 16.0 Å². The van der Waals surface area contributed by atoms with Gasteiger partial charge >= 0.3 is 5.97 Å². The Morgan fingerprint density at radius 1 is 0.821 bits per heavy atom. The molecule has 0 aromatic rings. The second-order valence-electron chi connectivity index (χ2n) is 7.31. The van der Waals surface area contributed by atoms with Gasteiger partial charge in [0.05, 0.1) is 12.7 Å². The summed E-state index contributed by atoms with van der Waals surface area (Å²) >= 11 is 0. The first-order valence-corrected chi connectivity index (χ1v) is 9.01. The third-order valence-corrected chi connectivity index (χ3v) is 4.11. The van der Waals surface area contributed by atoms with Crippen LogP contribution in [0.2, 0.25) is 0 Å². The zero-order valence-corrected chi connectivity index (χ0v) is 16.8. The Hall–Kier alpha value is -2.24. The lowest BCUT2D eigenvalue weighted by Crippen LogP contribution is -2.60. The van der Waals surface area contributed by atoms with E-state index in [0.717, 1.165) is 0 Å². The number of hydrogen-bond acceptors (Lipinski definition) is 7. The minimum Gasteiger partial charge on any atom is -0.480 e. The van der Waals surface area contributed by atoms with E-state index in [1.807, 2.05) is 0 Å². The Morgan fingerprint density at radius 2 is 1.21 bits per heavy atom. The lowest BCUT2D eigenvalue weighted by molar-refractivity contribution is -0.143. The number of amides is 3. The normalized spacial score (nSPS) is 16.6. The van der Waals surface area contributed by atoms with Gasteiger partial charge in [-0.15, -0.1) is 0 Å². The number of hydrogen-bond donors (Lipinski definition) is 7. The summed E-state index contributed by atoms with van der Waals surface area (Å²) in [5.74, 6) is -4.33. The topological polar surface area (TPSA) is 191 Å². The van der Waals surface area contributed by atoms with Crippen molar-refractivity contribution < 1.29 is 34.5 Å². The largest absolute Gasteiger partial charge is 0.480 e. The molecule has 162 valence electrons. The molecule has 0 saturated heterocycles.